The van der Waals surface area contributed by atoms with Crippen molar-refractivity contribution >= 4 is 17.2 Å². The molecule has 0 atom stereocenters. The van der Waals surface area contributed by atoms with E-state index in [9.17, 15) is 4.79 Å². The van der Waals surface area contributed by atoms with Gasteiger partial charge in [0, 0.05) is 11.4 Å². The van der Waals surface area contributed by atoms with Gasteiger partial charge in [0.1, 0.15) is 0 Å². The van der Waals surface area contributed by atoms with Crippen molar-refractivity contribution in [3.8, 4) is 0 Å². The van der Waals surface area contributed by atoms with E-state index in [-0.39, 0.29) is 5.91 Å². The van der Waals surface area contributed by atoms with E-state index in [0.29, 0.717) is 10.9 Å². The first-order chi connectivity index (χ1) is 10.5. The lowest BCUT2D eigenvalue weighted by molar-refractivity contribution is 0.0935. The van der Waals surface area contributed by atoms with Crippen molar-refractivity contribution in [2.45, 2.75) is 47.0 Å². The van der Waals surface area contributed by atoms with E-state index in [1.165, 1.54) is 50.2 Å². The molecule has 1 aliphatic heterocycles. The molecule has 1 aliphatic rings. The molecule has 2 rings (SSSR count). The second-order valence-electron chi connectivity index (χ2n) is 6.84. The highest BCUT2D eigenvalue weighted by molar-refractivity contribution is 7.13. The summed E-state index contributed by atoms with van der Waals surface area (Å²) in [7, 11) is 0. The summed E-state index contributed by atoms with van der Waals surface area (Å²) in [4.78, 5) is 20.1. The molecule has 1 aromatic heterocycles. The standard InChI is InChI=1S/C17H29N3OS/c1-12(2)5-8-20-9-6-15(7-10-20)11-18-16(21)17-19-13(3)14(4)22-17/h12,15H,5-11H2,1-4H3,(H,18,21). The molecule has 124 valence electrons. The summed E-state index contributed by atoms with van der Waals surface area (Å²) in [5.41, 5.74) is 0.966. The van der Waals surface area contributed by atoms with Gasteiger partial charge in [0.15, 0.2) is 5.01 Å². The van der Waals surface area contributed by atoms with Gasteiger partial charge >= 0.3 is 0 Å². The average molecular weight is 324 g/mol. The van der Waals surface area contributed by atoms with Crippen molar-refractivity contribution in [3.63, 3.8) is 0 Å². The Morgan fingerprint density at radius 3 is 2.59 bits per heavy atom. The Morgan fingerprint density at radius 1 is 1.36 bits per heavy atom. The number of aromatic nitrogens is 1. The minimum Gasteiger partial charge on any atom is -0.350 e. The van der Waals surface area contributed by atoms with E-state index in [1.807, 2.05) is 13.8 Å². The monoisotopic (exact) mass is 323 g/mol. The van der Waals surface area contributed by atoms with Crippen molar-refractivity contribution in [2.24, 2.45) is 11.8 Å². The number of rotatable bonds is 6. The third kappa shape index (κ3) is 5.06. The van der Waals surface area contributed by atoms with Crippen LogP contribution in [-0.2, 0) is 0 Å². The SMILES string of the molecule is Cc1nc(C(=O)NCC2CCN(CCC(C)C)CC2)sc1C. The molecule has 0 aliphatic carbocycles. The van der Waals surface area contributed by atoms with Crippen LogP contribution in [0.25, 0.3) is 0 Å². The van der Waals surface area contributed by atoms with Crippen LogP contribution in [0.4, 0.5) is 0 Å². The number of thiazole rings is 1. The molecule has 0 unspecified atom stereocenters. The predicted octanol–water partition coefficient (Wildman–Crippen LogP) is 3.25. The Bertz CT molecular complexity index is 471. The topological polar surface area (TPSA) is 45.2 Å². The fourth-order valence-corrected chi connectivity index (χ4v) is 3.57. The summed E-state index contributed by atoms with van der Waals surface area (Å²) in [5.74, 6) is 1.38. The first-order valence-corrected chi connectivity index (χ1v) is 9.22. The molecule has 2 heterocycles. The smallest absolute Gasteiger partial charge is 0.280 e. The lowest BCUT2D eigenvalue weighted by Gasteiger charge is -2.32. The Labute approximate surface area is 138 Å². The zero-order valence-electron chi connectivity index (χ0n) is 14.3. The van der Waals surface area contributed by atoms with E-state index in [4.69, 9.17) is 0 Å². The molecular formula is C17H29N3OS. The summed E-state index contributed by atoms with van der Waals surface area (Å²) < 4.78 is 0. The van der Waals surface area contributed by atoms with Crippen LogP contribution in [0.15, 0.2) is 0 Å². The van der Waals surface area contributed by atoms with Gasteiger partial charge in [0.2, 0.25) is 0 Å². The van der Waals surface area contributed by atoms with Crippen molar-refractivity contribution in [1.82, 2.24) is 15.2 Å². The Hall–Kier alpha value is -0.940. The number of nitrogens with one attached hydrogen (secondary N) is 1. The minimum atomic E-state index is -0.0107. The van der Waals surface area contributed by atoms with Gasteiger partial charge in [-0.05, 0) is 64.6 Å². The lowest BCUT2D eigenvalue weighted by atomic mass is 9.96. The first-order valence-electron chi connectivity index (χ1n) is 8.40. The van der Waals surface area contributed by atoms with Crippen molar-refractivity contribution in [3.05, 3.63) is 15.6 Å². The van der Waals surface area contributed by atoms with Crippen LogP contribution >= 0.6 is 11.3 Å². The van der Waals surface area contributed by atoms with Gasteiger partial charge in [0.25, 0.3) is 5.91 Å². The van der Waals surface area contributed by atoms with Gasteiger partial charge < -0.3 is 10.2 Å². The summed E-state index contributed by atoms with van der Waals surface area (Å²) in [6.07, 6.45) is 3.66. The van der Waals surface area contributed by atoms with Gasteiger partial charge in [-0.25, -0.2) is 4.98 Å². The number of hydrogen-bond acceptors (Lipinski definition) is 4. The highest BCUT2D eigenvalue weighted by Crippen LogP contribution is 2.19. The van der Waals surface area contributed by atoms with Crippen LogP contribution in [0, 0.1) is 25.7 Å². The van der Waals surface area contributed by atoms with Gasteiger partial charge in [-0.2, -0.15) is 0 Å². The summed E-state index contributed by atoms with van der Waals surface area (Å²) in [6, 6.07) is 0. The molecule has 1 aromatic rings. The number of nitrogens with zero attached hydrogens (tertiary/aromatic N) is 2. The maximum Gasteiger partial charge on any atom is 0.280 e. The molecule has 4 nitrogen and oxygen atoms in total. The van der Waals surface area contributed by atoms with Crippen molar-refractivity contribution in [1.29, 1.82) is 0 Å². The van der Waals surface area contributed by atoms with Crippen molar-refractivity contribution < 1.29 is 4.79 Å². The van der Waals surface area contributed by atoms with E-state index in [1.54, 1.807) is 0 Å². The van der Waals surface area contributed by atoms with Crippen LogP contribution in [-0.4, -0.2) is 42.0 Å². The molecular weight excluding hydrogens is 294 g/mol. The lowest BCUT2D eigenvalue weighted by Crippen LogP contribution is -2.39. The van der Waals surface area contributed by atoms with Gasteiger partial charge in [0.05, 0.1) is 5.69 Å². The number of carbonyl (C=O) groups excluding carboxylic acids is 1. The zero-order valence-corrected chi connectivity index (χ0v) is 15.1. The predicted molar refractivity (Wildman–Crippen MR) is 92.5 cm³/mol. The molecule has 5 heteroatoms. The molecule has 1 saturated heterocycles. The number of likely N-dealkylation sites (tertiary alicyclic amines) is 1. The van der Waals surface area contributed by atoms with Crippen molar-refractivity contribution in [2.75, 3.05) is 26.2 Å². The highest BCUT2D eigenvalue weighted by atomic mass is 32.1. The number of amides is 1. The average Bonchev–Trinajstić information content (AvgIpc) is 2.83. The number of carbonyl (C=O) groups is 1. The Morgan fingerprint density at radius 2 is 2.05 bits per heavy atom. The van der Waals surface area contributed by atoms with Crippen LogP contribution in [0.5, 0.6) is 0 Å². The van der Waals surface area contributed by atoms with E-state index in [0.717, 1.165) is 23.0 Å². The van der Waals surface area contributed by atoms with Gasteiger partial charge in [-0.3, -0.25) is 4.79 Å². The molecule has 0 saturated carbocycles. The molecule has 0 spiro atoms. The maximum absolute atomic E-state index is 12.1. The Kier molecular flexibility index (Phi) is 6.38. The van der Waals surface area contributed by atoms with E-state index >= 15 is 0 Å². The van der Waals surface area contributed by atoms with Crippen LogP contribution in [0.2, 0.25) is 0 Å². The second kappa shape index (κ2) is 8.06. The fraction of sp³-hybridized carbons (Fsp3) is 0.765. The molecule has 0 radical (unpaired) electrons. The maximum atomic E-state index is 12.1. The van der Waals surface area contributed by atoms with Crippen LogP contribution in [0.3, 0.4) is 0 Å². The van der Waals surface area contributed by atoms with Gasteiger partial charge in [-0.1, -0.05) is 13.8 Å². The largest absolute Gasteiger partial charge is 0.350 e. The molecule has 1 amide bonds. The fourth-order valence-electron chi connectivity index (χ4n) is 2.74. The third-order valence-electron chi connectivity index (χ3n) is 4.50. The number of hydrogen-bond donors (Lipinski definition) is 1. The molecule has 22 heavy (non-hydrogen) atoms. The van der Waals surface area contributed by atoms with Gasteiger partial charge in [-0.15, -0.1) is 11.3 Å². The number of piperidine rings is 1. The quantitative estimate of drug-likeness (QED) is 0.874. The minimum absolute atomic E-state index is 0.0107. The molecule has 0 aromatic carbocycles. The molecule has 0 bridgehead atoms. The second-order valence-corrected chi connectivity index (χ2v) is 8.04. The number of aryl methyl sites for hydroxylation is 2. The Balaban J connectivity index is 1.69. The highest BCUT2D eigenvalue weighted by Gasteiger charge is 2.20. The first kappa shape index (κ1) is 17.4. The zero-order chi connectivity index (χ0) is 16.1. The van der Waals surface area contributed by atoms with Crippen LogP contribution in [0.1, 0.15) is 53.5 Å². The third-order valence-corrected chi connectivity index (χ3v) is 5.58. The normalized spacial score (nSPS) is 17.1. The summed E-state index contributed by atoms with van der Waals surface area (Å²) >= 11 is 1.49. The molecule has 1 N–H and O–H groups in total. The summed E-state index contributed by atoms with van der Waals surface area (Å²) in [5, 5.41) is 3.67. The van der Waals surface area contributed by atoms with E-state index < -0.39 is 0 Å². The van der Waals surface area contributed by atoms with Crippen LogP contribution < -0.4 is 5.32 Å². The summed E-state index contributed by atoms with van der Waals surface area (Å²) in [6.45, 7) is 12.9. The van der Waals surface area contributed by atoms with E-state index in [2.05, 4.69) is 29.0 Å². The molecule has 1 fully saturated rings.